The van der Waals surface area contributed by atoms with Gasteiger partial charge in [0.1, 0.15) is 6.07 Å². The molecule has 0 bridgehead atoms. The maximum absolute atomic E-state index is 9.07. The van der Waals surface area contributed by atoms with Crippen LogP contribution in [0, 0.1) is 17.2 Å². The summed E-state index contributed by atoms with van der Waals surface area (Å²) in [6, 6.07) is 2.27. The first-order chi connectivity index (χ1) is 7.22. The molecule has 1 heterocycles. The lowest BCUT2D eigenvalue weighted by atomic mass is 9.94. The summed E-state index contributed by atoms with van der Waals surface area (Å²) in [5.41, 5.74) is 4.63. The Morgan fingerprint density at radius 3 is 2.93 bits per heavy atom. The smallest absolute Gasteiger partial charge is 0.101 e. The summed E-state index contributed by atoms with van der Waals surface area (Å²) in [6.45, 7) is 4.39. The first-order valence-corrected chi connectivity index (χ1v) is 5.62. The van der Waals surface area contributed by atoms with Crippen LogP contribution in [0.3, 0.4) is 0 Å². The van der Waals surface area contributed by atoms with E-state index >= 15 is 0 Å². The Kier molecular flexibility index (Phi) is 2.73. The molecule has 0 radical (unpaired) electrons. The van der Waals surface area contributed by atoms with Crippen molar-refractivity contribution in [1.29, 1.82) is 5.26 Å². The molecule has 2 nitrogen and oxygen atoms in total. The molecule has 1 aromatic rings. The first kappa shape index (κ1) is 10.2. The van der Waals surface area contributed by atoms with E-state index < -0.39 is 0 Å². The zero-order chi connectivity index (χ0) is 10.8. The van der Waals surface area contributed by atoms with Gasteiger partial charge in [-0.05, 0) is 42.7 Å². The molecule has 2 rings (SSSR count). The Morgan fingerprint density at radius 1 is 1.47 bits per heavy atom. The van der Waals surface area contributed by atoms with Crippen molar-refractivity contribution in [3.05, 3.63) is 28.6 Å². The fourth-order valence-corrected chi connectivity index (χ4v) is 2.32. The van der Waals surface area contributed by atoms with Gasteiger partial charge < -0.3 is 0 Å². The van der Waals surface area contributed by atoms with Crippen molar-refractivity contribution in [1.82, 2.24) is 4.98 Å². The van der Waals surface area contributed by atoms with E-state index in [0.29, 0.717) is 5.92 Å². The standard InChI is InChI=1S/C13H16N2/c1-9(2)6-12-10(7-14)8-15-13-5-3-4-11(12)13/h8-9H,3-6H2,1-2H3. The second kappa shape index (κ2) is 4.02. The molecular weight excluding hydrogens is 184 g/mol. The van der Waals surface area contributed by atoms with Crippen LogP contribution >= 0.6 is 0 Å². The van der Waals surface area contributed by atoms with E-state index in [1.165, 1.54) is 23.2 Å². The molecule has 15 heavy (non-hydrogen) atoms. The lowest BCUT2D eigenvalue weighted by Gasteiger charge is -2.11. The van der Waals surface area contributed by atoms with Gasteiger partial charge in [-0.1, -0.05) is 13.8 Å². The first-order valence-electron chi connectivity index (χ1n) is 5.62. The quantitative estimate of drug-likeness (QED) is 0.735. The average molecular weight is 200 g/mol. The molecule has 0 saturated carbocycles. The third-order valence-corrected chi connectivity index (χ3v) is 2.96. The Bertz CT molecular complexity index is 413. The van der Waals surface area contributed by atoms with Gasteiger partial charge in [0.2, 0.25) is 0 Å². The van der Waals surface area contributed by atoms with Crippen LogP contribution < -0.4 is 0 Å². The van der Waals surface area contributed by atoms with Crippen LogP contribution in [0.2, 0.25) is 0 Å². The predicted octanol–water partition coefficient (Wildman–Crippen LogP) is 2.64. The van der Waals surface area contributed by atoms with Crippen LogP contribution in [0.4, 0.5) is 0 Å². The van der Waals surface area contributed by atoms with Gasteiger partial charge in [-0.25, -0.2) is 0 Å². The van der Waals surface area contributed by atoms with E-state index in [0.717, 1.165) is 24.8 Å². The summed E-state index contributed by atoms with van der Waals surface area (Å²) in [6.07, 6.45) is 6.16. The van der Waals surface area contributed by atoms with E-state index in [-0.39, 0.29) is 0 Å². The Morgan fingerprint density at radius 2 is 2.27 bits per heavy atom. The third kappa shape index (κ3) is 1.87. The molecule has 0 fully saturated rings. The van der Waals surface area contributed by atoms with E-state index in [2.05, 4.69) is 24.9 Å². The van der Waals surface area contributed by atoms with Crippen molar-refractivity contribution in [3.8, 4) is 6.07 Å². The summed E-state index contributed by atoms with van der Waals surface area (Å²) in [7, 11) is 0. The van der Waals surface area contributed by atoms with Gasteiger partial charge in [0.15, 0.2) is 0 Å². The van der Waals surface area contributed by atoms with Gasteiger partial charge in [-0.2, -0.15) is 5.26 Å². The largest absolute Gasteiger partial charge is 0.260 e. The van der Waals surface area contributed by atoms with Crippen molar-refractivity contribution in [2.75, 3.05) is 0 Å². The van der Waals surface area contributed by atoms with E-state index in [4.69, 9.17) is 5.26 Å². The molecule has 1 aliphatic carbocycles. The third-order valence-electron chi connectivity index (χ3n) is 2.96. The minimum Gasteiger partial charge on any atom is -0.260 e. The monoisotopic (exact) mass is 200 g/mol. The number of fused-ring (bicyclic) bond motifs is 1. The fourth-order valence-electron chi connectivity index (χ4n) is 2.32. The maximum atomic E-state index is 9.07. The number of aryl methyl sites for hydroxylation is 1. The highest BCUT2D eigenvalue weighted by atomic mass is 14.7. The maximum Gasteiger partial charge on any atom is 0.101 e. The second-order valence-electron chi connectivity index (χ2n) is 4.64. The van der Waals surface area contributed by atoms with Crippen molar-refractivity contribution in [3.63, 3.8) is 0 Å². The van der Waals surface area contributed by atoms with E-state index in [1.54, 1.807) is 6.20 Å². The normalized spacial score (nSPS) is 14.0. The highest BCUT2D eigenvalue weighted by Gasteiger charge is 2.19. The SMILES string of the molecule is CC(C)Cc1c(C#N)cnc2c1CCC2. The van der Waals surface area contributed by atoms with Crippen molar-refractivity contribution >= 4 is 0 Å². The molecule has 0 amide bonds. The molecule has 78 valence electrons. The molecule has 2 heteroatoms. The van der Waals surface area contributed by atoms with Gasteiger partial charge in [-0.15, -0.1) is 0 Å². The van der Waals surface area contributed by atoms with Crippen molar-refractivity contribution in [2.24, 2.45) is 5.92 Å². The number of rotatable bonds is 2. The van der Waals surface area contributed by atoms with Gasteiger partial charge in [0.25, 0.3) is 0 Å². The van der Waals surface area contributed by atoms with Crippen molar-refractivity contribution < 1.29 is 0 Å². The van der Waals surface area contributed by atoms with Crippen molar-refractivity contribution in [2.45, 2.75) is 39.5 Å². The van der Waals surface area contributed by atoms with Gasteiger partial charge in [-0.3, -0.25) is 4.98 Å². The molecule has 0 aromatic carbocycles. The average Bonchev–Trinajstić information content (AvgIpc) is 2.65. The number of hydrogen-bond acceptors (Lipinski definition) is 2. The molecule has 0 aliphatic heterocycles. The molecule has 0 N–H and O–H groups in total. The predicted molar refractivity (Wildman–Crippen MR) is 59.5 cm³/mol. The summed E-state index contributed by atoms with van der Waals surface area (Å²) in [5, 5.41) is 9.07. The molecule has 1 aliphatic rings. The molecule has 0 atom stereocenters. The summed E-state index contributed by atoms with van der Waals surface area (Å²) in [4.78, 5) is 4.38. The highest BCUT2D eigenvalue weighted by molar-refractivity contribution is 5.45. The van der Waals surface area contributed by atoms with Crippen LogP contribution in [0.25, 0.3) is 0 Å². The molecule has 0 spiro atoms. The fraction of sp³-hybridized carbons (Fsp3) is 0.538. The summed E-state index contributed by atoms with van der Waals surface area (Å²) < 4.78 is 0. The Hall–Kier alpha value is -1.36. The Balaban J connectivity index is 2.48. The lowest BCUT2D eigenvalue weighted by molar-refractivity contribution is 0.641. The zero-order valence-electron chi connectivity index (χ0n) is 9.38. The van der Waals surface area contributed by atoms with Crippen LogP contribution in [0.1, 0.15) is 42.7 Å². The number of nitriles is 1. The van der Waals surface area contributed by atoms with Crippen LogP contribution in [0.5, 0.6) is 0 Å². The van der Waals surface area contributed by atoms with Crippen LogP contribution in [-0.2, 0) is 19.3 Å². The highest BCUT2D eigenvalue weighted by Crippen LogP contribution is 2.27. The minimum atomic E-state index is 0.601. The Labute approximate surface area is 91.0 Å². The molecule has 0 saturated heterocycles. The number of aromatic nitrogens is 1. The number of nitrogens with zero attached hydrogens (tertiary/aromatic N) is 2. The zero-order valence-corrected chi connectivity index (χ0v) is 9.38. The molecule has 0 unspecified atom stereocenters. The van der Waals surface area contributed by atoms with Crippen LogP contribution in [-0.4, -0.2) is 4.98 Å². The van der Waals surface area contributed by atoms with Gasteiger partial charge in [0, 0.05) is 11.9 Å². The van der Waals surface area contributed by atoms with Gasteiger partial charge in [0.05, 0.1) is 5.56 Å². The summed E-state index contributed by atoms with van der Waals surface area (Å²) in [5.74, 6) is 0.601. The minimum absolute atomic E-state index is 0.601. The van der Waals surface area contributed by atoms with Crippen LogP contribution in [0.15, 0.2) is 6.20 Å². The molecular formula is C13H16N2. The van der Waals surface area contributed by atoms with E-state index in [9.17, 15) is 0 Å². The number of hydrogen-bond donors (Lipinski definition) is 0. The van der Waals surface area contributed by atoms with Gasteiger partial charge >= 0.3 is 0 Å². The second-order valence-corrected chi connectivity index (χ2v) is 4.64. The van der Waals surface area contributed by atoms with E-state index in [1.807, 2.05) is 0 Å². The topological polar surface area (TPSA) is 36.7 Å². The molecule has 1 aromatic heterocycles. The number of pyridine rings is 1. The lowest BCUT2D eigenvalue weighted by Crippen LogP contribution is -2.04. The summed E-state index contributed by atoms with van der Waals surface area (Å²) >= 11 is 0.